The summed E-state index contributed by atoms with van der Waals surface area (Å²) in [5.74, 6) is -1.29. The summed E-state index contributed by atoms with van der Waals surface area (Å²) in [6.07, 6.45) is 6.76. The Balaban J connectivity index is 1.64. The molecule has 6 heteroatoms. The molecule has 0 unspecified atom stereocenters. The van der Waals surface area contributed by atoms with E-state index < -0.39 is 24.0 Å². The van der Waals surface area contributed by atoms with Crippen molar-refractivity contribution in [2.24, 2.45) is 0 Å². The molecule has 3 aromatic carbocycles. The van der Waals surface area contributed by atoms with Gasteiger partial charge in [-0.05, 0) is 60.6 Å². The van der Waals surface area contributed by atoms with Crippen LogP contribution in [0.1, 0.15) is 84.8 Å². The number of benzene rings is 3. The number of esters is 2. The quantitative estimate of drug-likeness (QED) is 0.306. The smallest absolute Gasteiger partial charge is 0.342 e. The van der Waals surface area contributed by atoms with E-state index in [-0.39, 0.29) is 29.3 Å². The van der Waals surface area contributed by atoms with Crippen LogP contribution in [0.2, 0.25) is 0 Å². The van der Waals surface area contributed by atoms with E-state index in [2.05, 4.69) is 0 Å². The van der Waals surface area contributed by atoms with E-state index >= 15 is 0 Å². The van der Waals surface area contributed by atoms with Gasteiger partial charge in [-0.15, -0.1) is 0 Å². The van der Waals surface area contributed by atoms with Gasteiger partial charge in [-0.25, -0.2) is 4.79 Å². The molecule has 2 aliphatic heterocycles. The normalized spacial score (nSPS) is 21.8. The maximum Gasteiger partial charge on any atom is 0.342 e. The van der Waals surface area contributed by atoms with Gasteiger partial charge in [0.15, 0.2) is 0 Å². The lowest BCUT2D eigenvalue weighted by Gasteiger charge is -2.28. The van der Waals surface area contributed by atoms with E-state index in [0.29, 0.717) is 49.7 Å². The van der Waals surface area contributed by atoms with E-state index in [1.807, 2.05) is 48.5 Å². The van der Waals surface area contributed by atoms with Gasteiger partial charge in [-0.1, -0.05) is 54.6 Å². The highest BCUT2D eigenvalue weighted by Gasteiger charge is 2.36. The summed E-state index contributed by atoms with van der Waals surface area (Å²) in [7, 11) is 0. The van der Waals surface area contributed by atoms with Crippen LogP contribution in [0, 0.1) is 0 Å². The van der Waals surface area contributed by atoms with Crippen LogP contribution in [0.15, 0.2) is 54.6 Å². The third-order valence-corrected chi connectivity index (χ3v) is 7.18. The van der Waals surface area contributed by atoms with E-state index in [1.54, 1.807) is 19.1 Å². The van der Waals surface area contributed by atoms with Crippen LogP contribution >= 0.6 is 0 Å². The van der Waals surface area contributed by atoms with Crippen LogP contribution in [0.4, 0.5) is 0 Å². The third kappa shape index (κ3) is 5.15. The molecule has 0 amide bonds. The van der Waals surface area contributed by atoms with Gasteiger partial charge in [0, 0.05) is 24.3 Å². The molecule has 0 spiro atoms. The number of rotatable bonds is 1. The van der Waals surface area contributed by atoms with Crippen LogP contribution in [-0.4, -0.2) is 28.9 Å². The second-order valence-electron chi connectivity index (χ2n) is 9.84. The van der Waals surface area contributed by atoms with Crippen LogP contribution in [-0.2, 0) is 14.3 Å². The van der Waals surface area contributed by atoms with Crippen LogP contribution < -0.4 is 4.74 Å². The predicted molar refractivity (Wildman–Crippen MR) is 141 cm³/mol. The van der Waals surface area contributed by atoms with Crippen molar-refractivity contribution in [3.8, 4) is 11.5 Å². The average molecular weight is 499 g/mol. The van der Waals surface area contributed by atoms with Crippen LogP contribution in [0.25, 0.3) is 16.8 Å². The topological polar surface area (TPSA) is 89.9 Å². The minimum absolute atomic E-state index is 0.0443. The highest BCUT2D eigenvalue weighted by molar-refractivity contribution is 5.99. The second-order valence-corrected chi connectivity index (χ2v) is 9.84. The lowest BCUT2D eigenvalue weighted by atomic mass is 9.81. The Morgan fingerprint density at radius 3 is 2.62 bits per heavy atom. The molecule has 2 aliphatic rings. The zero-order chi connectivity index (χ0) is 25.9. The van der Waals surface area contributed by atoms with Gasteiger partial charge < -0.3 is 14.6 Å². The molecule has 5 rings (SSSR count). The molecule has 0 fully saturated rings. The number of carbonyl (C=O) groups is 3. The first kappa shape index (κ1) is 24.8. The first-order valence-electron chi connectivity index (χ1n) is 12.9. The molecule has 0 aliphatic carbocycles. The SMILES string of the molecule is C[C@@H]1CCCC(=O)CCC/C=C/c2cc3c(c(O)c2C(=O)O1)[C@@H](c1cccc2ccccc12)CC(=O)O3. The van der Waals surface area contributed by atoms with Gasteiger partial charge in [0.25, 0.3) is 0 Å². The maximum absolute atomic E-state index is 13.4. The molecule has 2 atom stereocenters. The Morgan fingerprint density at radius 1 is 0.973 bits per heavy atom. The summed E-state index contributed by atoms with van der Waals surface area (Å²) in [6.45, 7) is 1.79. The number of fused-ring (bicyclic) bond motifs is 3. The monoisotopic (exact) mass is 498 g/mol. The van der Waals surface area contributed by atoms with Gasteiger partial charge in [0.2, 0.25) is 0 Å². The molecule has 2 heterocycles. The lowest BCUT2D eigenvalue weighted by Crippen LogP contribution is -2.23. The summed E-state index contributed by atoms with van der Waals surface area (Å²) in [5, 5.41) is 13.6. The summed E-state index contributed by atoms with van der Waals surface area (Å²) in [4.78, 5) is 38.2. The van der Waals surface area contributed by atoms with Crippen LogP contribution in [0.3, 0.4) is 0 Å². The number of allylic oxidation sites excluding steroid dienone is 1. The van der Waals surface area contributed by atoms with Crippen molar-refractivity contribution in [3.05, 3.63) is 76.9 Å². The number of aromatic hydroxyl groups is 1. The first-order chi connectivity index (χ1) is 17.9. The van der Waals surface area contributed by atoms with Gasteiger partial charge in [-0.2, -0.15) is 0 Å². The maximum atomic E-state index is 13.4. The van der Waals surface area contributed by atoms with Crippen molar-refractivity contribution in [2.75, 3.05) is 0 Å². The molecular weight excluding hydrogens is 468 g/mol. The summed E-state index contributed by atoms with van der Waals surface area (Å²) in [6, 6.07) is 15.4. The molecule has 0 bridgehead atoms. The largest absolute Gasteiger partial charge is 0.507 e. The number of Topliss-reactive ketones (excluding diaryl/α,β-unsaturated/α-hetero) is 1. The number of phenols is 1. The Hall–Kier alpha value is -3.93. The van der Waals surface area contributed by atoms with Crippen LogP contribution in [0.5, 0.6) is 11.5 Å². The zero-order valence-electron chi connectivity index (χ0n) is 20.9. The predicted octanol–water partition coefficient (Wildman–Crippen LogP) is 6.47. The molecule has 1 N–H and O–H groups in total. The lowest BCUT2D eigenvalue weighted by molar-refractivity contribution is -0.135. The van der Waals surface area contributed by atoms with Crippen molar-refractivity contribution < 1.29 is 29.0 Å². The van der Waals surface area contributed by atoms with Gasteiger partial charge >= 0.3 is 11.9 Å². The summed E-state index contributed by atoms with van der Waals surface area (Å²) >= 11 is 0. The molecule has 37 heavy (non-hydrogen) atoms. The fourth-order valence-electron chi connectivity index (χ4n) is 5.34. The Kier molecular flexibility index (Phi) is 7.08. The highest BCUT2D eigenvalue weighted by Crippen LogP contribution is 2.48. The number of cyclic esters (lactones) is 1. The van der Waals surface area contributed by atoms with E-state index in [1.165, 1.54) is 0 Å². The fourth-order valence-corrected chi connectivity index (χ4v) is 5.34. The molecule has 6 nitrogen and oxygen atoms in total. The summed E-state index contributed by atoms with van der Waals surface area (Å²) in [5.41, 5.74) is 1.79. The van der Waals surface area contributed by atoms with Gasteiger partial charge in [0.05, 0.1) is 12.5 Å². The summed E-state index contributed by atoms with van der Waals surface area (Å²) < 4.78 is 11.3. The van der Waals surface area contributed by atoms with Gasteiger partial charge in [0.1, 0.15) is 22.8 Å². The highest BCUT2D eigenvalue weighted by atomic mass is 16.5. The Morgan fingerprint density at radius 2 is 1.76 bits per heavy atom. The molecular formula is C31H30O6. The number of hydrogen-bond donors (Lipinski definition) is 1. The van der Waals surface area contributed by atoms with Crippen molar-refractivity contribution in [2.45, 2.75) is 63.9 Å². The average Bonchev–Trinajstić information content (AvgIpc) is 2.87. The second kappa shape index (κ2) is 10.6. The van der Waals surface area contributed by atoms with E-state index in [4.69, 9.17) is 9.47 Å². The van der Waals surface area contributed by atoms with Crippen molar-refractivity contribution in [1.29, 1.82) is 0 Å². The number of phenolic OH excluding ortho intramolecular Hbond substituents is 1. The third-order valence-electron chi connectivity index (χ3n) is 7.18. The minimum atomic E-state index is -0.635. The Labute approximate surface area is 215 Å². The van der Waals surface area contributed by atoms with Crippen molar-refractivity contribution in [3.63, 3.8) is 0 Å². The molecule has 3 aromatic rings. The molecule has 0 saturated heterocycles. The molecule has 0 radical (unpaired) electrons. The minimum Gasteiger partial charge on any atom is -0.507 e. The molecule has 0 aromatic heterocycles. The van der Waals surface area contributed by atoms with E-state index in [9.17, 15) is 19.5 Å². The zero-order valence-corrected chi connectivity index (χ0v) is 20.9. The van der Waals surface area contributed by atoms with E-state index in [0.717, 1.165) is 16.3 Å². The molecule has 190 valence electrons. The number of ketones is 1. The number of hydrogen-bond acceptors (Lipinski definition) is 6. The number of carbonyl (C=O) groups excluding carboxylic acids is 3. The first-order valence-corrected chi connectivity index (χ1v) is 12.9. The Bertz CT molecular complexity index is 1400. The van der Waals surface area contributed by atoms with Crippen molar-refractivity contribution >= 4 is 34.6 Å². The molecule has 0 saturated carbocycles. The van der Waals surface area contributed by atoms with Gasteiger partial charge in [-0.3, -0.25) is 9.59 Å². The fraction of sp³-hybridized carbons (Fsp3) is 0.323. The van der Waals surface area contributed by atoms with Crippen molar-refractivity contribution in [1.82, 2.24) is 0 Å². The number of ether oxygens (including phenoxy) is 2. The standard InChI is InChI=1S/C31H30O6/c1-19-9-7-14-22(32)13-4-2-3-11-21-17-26-29(30(34)28(21)31(35)36-19)25(18-27(33)37-26)24-16-8-12-20-10-5-6-15-23(20)24/h3,5-6,8,10-12,15-17,19,25,34H,2,4,7,9,13-14,18H2,1H3/b11-3+/t19-,25-/m1/s1.